The van der Waals surface area contributed by atoms with E-state index in [1.165, 1.54) is 12.1 Å². The normalized spacial score (nSPS) is 20.2. The summed E-state index contributed by atoms with van der Waals surface area (Å²) < 4.78 is 19.7. The summed E-state index contributed by atoms with van der Waals surface area (Å²) in [6.07, 6.45) is 0. The van der Waals surface area contributed by atoms with Gasteiger partial charge in [0.05, 0.1) is 4.47 Å². The number of halogens is 2. The third-order valence-electron chi connectivity index (χ3n) is 5.17. The highest BCUT2D eigenvalue weighted by molar-refractivity contribution is 9.10. The van der Waals surface area contributed by atoms with E-state index in [2.05, 4.69) is 34.7 Å². The Labute approximate surface area is 174 Å². The Morgan fingerprint density at radius 3 is 2.54 bits per heavy atom. The van der Waals surface area contributed by atoms with Crippen LogP contribution in [0, 0.1) is 12.7 Å². The number of ether oxygens (including phenoxy) is 1. The highest BCUT2D eigenvalue weighted by Crippen LogP contribution is 2.26. The maximum atomic E-state index is 13.1. The highest BCUT2D eigenvalue weighted by Gasteiger charge is 2.32. The number of carbonyl (C=O) groups is 1. The lowest BCUT2D eigenvalue weighted by molar-refractivity contribution is -0.139. The number of hydrogen-bond donors (Lipinski definition) is 0. The second-order valence-corrected chi connectivity index (χ2v) is 8.38. The third kappa shape index (κ3) is 5.11. The lowest BCUT2D eigenvalue weighted by atomic mass is 10.1. The first-order chi connectivity index (χ1) is 13.3. The molecule has 2 atom stereocenters. The van der Waals surface area contributed by atoms with Crippen molar-refractivity contribution in [1.29, 1.82) is 0 Å². The second-order valence-electron chi connectivity index (χ2n) is 7.52. The second kappa shape index (κ2) is 9.05. The molecule has 1 aliphatic rings. The molecule has 6 heteroatoms. The van der Waals surface area contributed by atoms with Gasteiger partial charge in [0.25, 0.3) is 5.91 Å². The summed E-state index contributed by atoms with van der Waals surface area (Å²) >= 11 is 3.48. The van der Waals surface area contributed by atoms with Gasteiger partial charge >= 0.3 is 0 Å². The standard InChI is InChI=1S/C22H26BrFN2O2/c1-15-4-9-21(20(23)10-15)28-14-22(27)26-12-16(2)25(11-17(26)3)13-18-5-7-19(24)8-6-18/h4-10,16-17H,11-14H2,1-3H3/t16-,17+/m0/s1. The Morgan fingerprint density at radius 1 is 1.14 bits per heavy atom. The van der Waals surface area contributed by atoms with Crippen LogP contribution >= 0.6 is 15.9 Å². The van der Waals surface area contributed by atoms with Gasteiger partial charge in [-0.15, -0.1) is 0 Å². The zero-order valence-corrected chi connectivity index (χ0v) is 18.1. The molecule has 2 aromatic rings. The maximum Gasteiger partial charge on any atom is 0.260 e. The molecule has 1 fully saturated rings. The number of carbonyl (C=O) groups excluding carboxylic acids is 1. The predicted octanol–water partition coefficient (Wildman–Crippen LogP) is 4.40. The average Bonchev–Trinajstić information content (AvgIpc) is 2.65. The van der Waals surface area contributed by atoms with Gasteiger partial charge in [0.15, 0.2) is 6.61 Å². The van der Waals surface area contributed by atoms with Crippen molar-refractivity contribution in [1.82, 2.24) is 9.80 Å². The van der Waals surface area contributed by atoms with Gasteiger partial charge in [0, 0.05) is 31.7 Å². The summed E-state index contributed by atoms with van der Waals surface area (Å²) in [7, 11) is 0. The highest BCUT2D eigenvalue weighted by atomic mass is 79.9. The van der Waals surface area contributed by atoms with Gasteiger partial charge in [-0.3, -0.25) is 9.69 Å². The van der Waals surface area contributed by atoms with E-state index in [9.17, 15) is 9.18 Å². The number of rotatable bonds is 5. The molecular formula is C22H26BrFN2O2. The van der Waals surface area contributed by atoms with Crippen molar-refractivity contribution in [2.24, 2.45) is 0 Å². The summed E-state index contributed by atoms with van der Waals surface area (Å²) in [5.41, 5.74) is 2.21. The van der Waals surface area contributed by atoms with Crippen LogP contribution in [0.5, 0.6) is 5.75 Å². The van der Waals surface area contributed by atoms with E-state index < -0.39 is 0 Å². The van der Waals surface area contributed by atoms with Crippen LogP contribution in [0.3, 0.4) is 0 Å². The predicted molar refractivity (Wildman–Crippen MR) is 112 cm³/mol. The van der Waals surface area contributed by atoms with Crippen LogP contribution in [0.4, 0.5) is 4.39 Å². The van der Waals surface area contributed by atoms with Crippen molar-refractivity contribution >= 4 is 21.8 Å². The zero-order valence-electron chi connectivity index (χ0n) is 16.5. The van der Waals surface area contributed by atoms with Crippen LogP contribution in [-0.4, -0.2) is 47.5 Å². The minimum absolute atomic E-state index is 0.00624. The Kier molecular flexibility index (Phi) is 6.73. The van der Waals surface area contributed by atoms with Gasteiger partial charge in [-0.1, -0.05) is 18.2 Å². The molecule has 1 saturated heterocycles. The van der Waals surface area contributed by atoms with Gasteiger partial charge in [0.2, 0.25) is 0 Å². The van der Waals surface area contributed by atoms with E-state index in [1.807, 2.05) is 42.2 Å². The molecular weight excluding hydrogens is 423 g/mol. The molecule has 0 aromatic heterocycles. The fraction of sp³-hybridized carbons (Fsp3) is 0.409. The monoisotopic (exact) mass is 448 g/mol. The summed E-state index contributed by atoms with van der Waals surface area (Å²) in [4.78, 5) is 17.0. The van der Waals surface area contributed by atoms with Crippen molar-refractivity contribution in [3.05, 3.63) is 63.9 Å². The van der Waals surface area contributed by atoms with Crippen LogP contribution in [0.1, 0.15) is 25.0 Å². The molecule has 1 heterocycles. The van der Waals surface area contributed by atoms with Gasteiger partial charge in [-0.2, -0.15) is 0 Å². The molecule has 0 bridgehead atoms. The molecule has 0 radical (unpaired) electrons. The van der Waals surface area contributed by atoms with Crippen molar-refractivity contribution < 1.29 is 13.9 Å². The van der Waals surface area contributed by atoms with Crippen LogP contribution < -0.4 is 4.74 Å². The number of aryl methyl sites for hydroxylation is 1. The summed E-state index contributed by atoms with van der Waals surface area (Å²) in [5, 5.41) is 0. The Hall–Kier alpha value is -1.92. The van der Waals surface area contributed by atoms with Crippen LogP contribution in [0.15, 0.2) is 46.9 Å². The average molecular weight is 449 g/mol. The first-order valence-corrected chi connectivity index (χ1v) is 10.3. The summed E-state index contributed by atoms with van der Waals surface area (Å²) in [6.45, 7) is 8.39. The van der Waals surface area contributed by atoms with E-state index in [-0.39, 0.29) is 30.4 Å². The number of nitrogens with zero attached hydrogens (tertiary/aromatic N) is 2. The van der Waals surface area contributed by atoms with Gasteiger partial charge in [0.1, 0.15) is 11.6 Å². The van der Waals surface area contributed by atoms with Crippen molar-refractivity contribution in [2.75, 3.05) is 19.7 Å². The summed E-state index contributed by atoms with van der Waals surface area (Å²) in [5.74, 6) is 0.448. The molecule has 2 aromatic carbocycles. The van der Waals surface area contributed by atoms with Crippen molar-refractivity contribution in [3.63, 3.8) is 0 Å². The fourth-order valence-corrected chi connectivity index (χ4v) is 4.14. The van der Waals surface area contributed by atoms with Crippen LogP contribution in [0.2, 0.25) is 0 Å². The van der Waals surface area contributed by atoms with Gasteiger partial charge in [-0.25, -0.2) is 4.39 Å². The Balaban J connectivity index is 1.57. The molecule has 1 aliphatic heterocycles. The lowest BCUT2D eigenvalue weighted by Gasteiger charge is -2.44. The fourth-order valence-electron chi connectivity index (χ4n) is 3.54. The topological polar surface area (TPSA) is 32.8 Å². The van der Waals surface area contributed by atoms with E-state index in [0.717, 1.165) is 28.7 Å². The number of hydrogen-bond acceptors (Lipinski definition) is 3. The third-order valence-corrected chi connectivity index (χ3v) is 5.79. The molecule has 150 valence electrons. The quantitative estimate of drug-likeness (QED) is 0.679. The van der Waals surface area contributed by atoms with Crippen LogP contribution in [-0.2, 0) is 11.3 Å². The zero-order chi connectivity index (χ0) is 20.3. The van der Waals surface area contributed by atoms with Gasteiger partial charge in [-0.05, 0) is 72.1 Å². The molecule has 0 unspecified atom stereocenters. The first kappa shape index (κ1) is 20.8. The molecule has 0 aliphatic carbocycles. The van der Waals surface area contributed by atoms with Gasteiger partial charge < -0.3 is 9.64 Å². The molecule has 0 spiro atoms. The van der Waals surface area contributed by atoms with E-state index >= 15 is 0 Å². The van der Waals surface area contributed by atoms with E-state index in [4.69, 9.17) is 4.74 Å². The number of amides is 1. The first-order valence-electron chi connectivity index (χ1n) is 9.50. The minimum Gasteiger partial charge on any atom is -0.483 e. The van der Waals surface area contributed by atoms with Crippen molar-refractivity contribution in [2.45, 2.75) is 39.4 Å². The van der Waals surface area contributed by atoms with Crippen molar-refractivity contribution in [3.8, 4) is 5.75 Å². The smallest absolute Gasteiger partial charge is 0.260 e. The molecule has 4 nitrogen and oxygen atoms in total. The molecule has 0 saturated carbocycles. The van der Waals surface area contributed by atoms with Crippen LogP contribution in [0.25, 0.3) is 0 Å². The SMILES string of the molecule is Cc1ccc(OCC(=O)N2C[C@H](C)N(Cc3ccc(F)cc3)C[C@H]2C)c(Br)c1. The molecule has 3 rings (SSSR count). The summed E-state index contributed by atoms with van der Waals surface area (Å²) in [6, 6.07) is 12.7. The van der Waals surface area contributed by atoms with E-state index in [0.29, 0.717) is 12.3 Å². The number of piperazine rings is 1. The Morgan fingerprint density at radius 2 is 1.86 bits per heavy atom. The largest absolute Gasteiger partial charge is 0.483 e. The molecule has 28 heavy (non-hydrogen) atoms. The van der Waals surface area contributed by atoms with E-state index in [1.54, 1.807) is 0 Å². The number of benzene rings is 2. The Bertz CT molecular complexity index is 828. The lowest BCUT2D eigenvalue weighted by Crippen LogP contribution is -2.58. The maximum absolute atomic E-state index is 13.1. The molecule has 1 amide bonds. The minimum atomic E-state index is -0.221. The molecule has 0 N–H and O–H groups in total.